The van der Waals surface area contributed by atoms with Gasteiger partial charge in [0.15, 0.2) is 0 Å². The lowest BCUT2D eigenvalue weighted by Crippen LogP contribution is -2.34. The summed E-state index contributed by atoms with van der Waals surface area (Å²) in [5, 5.41) is 2.39. The predicted molar refractivity (Wildman–Crippen MR) is 58.2 cm³/mol. The maximum atomic E-state index is 10.8. The zero-order valence-electron chi connectivity index (χ0n) is 9.58. The Morgan fingerprint density at radius 3 is 2.33 bits per heavy atom. The summed E-state index contributed by atoms with van der Waals surface area (Å²) in [5.74, 6) is -0.445. The molecule has 0 saturated heterocycles. The van der Waals surface area contributed by atoms with Gasteiger partial charge in [-0.15, -0.1) is 0 Å². The number of carbonyl (C=O) groups is 2. The highest BCUT2D eigenvalue weighted by molar-refractivity contribution is 5.75. The summed E-state index contributed by atoms with van der Waals surface area (Å²) in [7, 11) is 1.28. The fourth-order valence-corrected chi connectivity index (χ4v) is 0.803. The van der Waals surface area contributed by atoms with Crippen LogP contribution in [0.1, 0.15) is 26.7 Å². The topological polar surface area (TPSA) is 107 Å². The summed E-state index contributed by atoms with van der Waals surface area (Å²) < 4.78 is 4.41. The second kappa shape index (κ2) is 10.8. The van der Waals surface area contributed by atoms with Gasteiger partial charge in [-0.25, -0.2) is 4.79 Å². The van der Waals surface area contributed by atoms with Crippen LogP contribution in [-0.4, -0.2) is 31.7 Å². The lowest BCUT2D eigenvalue weighted by atomic mass is 10.2. The molecule has 0 spiro atoms. The average Bonchev–Trinajstić information content (AvgIpc) is 2.25. The minimum absolute atomic E-state index is 0.417. The van der Waals surface area contributed by atoms with Gasteiger partial charge in [-0.1, -0.05) is 13.8 Å². The van der Waals surface area contributed by atoms with E-state index in [1.54, 1.807) is 0 Å². The first-order valence-electron chi connectivity index (χ1n) is 4.94. The van der Waals surface area contributed by atoms with E-state index in [0.717, 1.165) is 0 Å². The van der Waals surface area contributed by atoms with E-state index < -0.39 is 18.0 Å². The zero-order valence-corrected chi connectivity index (χ0v) is 9.58. The van der Waals surface area contributed by atoms with Gasteiger partial charge in [0.1, 0.15) is 6.04 Å². The number of carbonyl (C=O) groups excluding carboxylic acids is 2. The first-order chi connectivity index (χ1) is 7.07. The van der Waals surface area contributed by atoms with Crippen molar-refractivity contribution in [2.75, 3.05) is 13.7 Å². The molecule has 0 saturated carbocycles. The van der Waals surface area contributed by atoms with E-state index in [9.17, 15) is 9.59 Å². The van der Waals surface area contributed by atoms with Gasteiger partial charge in [0, 0.05) is 6.54 Å². The first kappa shape index (κ1) is 16.1. The molecule has 0 heterocycles. The van der Waals surface area contributed by atoms with Crippen molar-refractivity contribution < 1.29 is 14.3 Å². The summed E-state index contributed by atoms with van der Waals surface area (Å²) in [6, 6.07) is -1.20. The van der Waals surface area contributed by atoms with Gasteiger partial charge in [-0.2, -0.15) is 0 Å². The molecule has 0 aromatic rings. The quantitative estimate of drug-likeness (QED) is 0.445. The minimum atomic E-state index is -0.625. The summed E-state index contributed by atoms with van der Waals surface area (Å²) in [5.41, 5.74) is 10.2. The third-order valence-corrected chi connectivity index (χ3v) is 1.50. The van der Waals surface area contributed by atoms with Gasteiger partial charge < -0.3 is 21.5 Å². The van der Waals surface area contributed by atoms with E-state index in [-0.39, 0.29) is 0 Å². The molecule has 0 unspecified atom stereocenters. The molecular weight excluding hydrogens is 198 g/mol. The number of hydrogen-bond acceptors (Lipinski definition) is 4. The molecule has 5 N–H and O–H groups in total. The maximum Gasteiger partial charge on any atom is 0.322 e. The minimum Gasteiger partial charge on any atom is -0.468 e. The van der Waals surface area contributed by atoms with Crippen LogP contribution in [0, 0.1) is 0 Å². The molecule has 0 aliphatic heterocycles. The van der Waals surface area contributed by atoms with Crippen molar-refractivity contribution in [2.24, 2.45) is 11.5 Å². The number of nitrogens with two attached hydrogens (primary N) is 2. The molecule has 0 aliphatic rings. The Bertz CT molecular complexity index is 185. The second-order valence-electron chi connectivity index (χ2n) is 2.56. The van der Waals surface area contributed by atoms with E-state index in [4.69, 9.17) is 11.5 Å². The lowest BCUT2D eigenvalue weighted by Gasteiger charge is -2.08. The molecule has 2 amide bonds. The van der Waals surface area contributed by atoms with Crippen molar-refractivity contribution in [1.82, 2.24) is 5.32 Å². The Hall–Kier alpha value is -1.30. The molecule has 0 aromatic heterocycles. The van der Waals surface area contributed by atoms with Gasteiger partial charge >= 0.3 is 12.0 Å². The molecule has 1 atom stereocenters. The van der Waals surface area contributed by atoms with Crippen molar-refractivity contribution in [1.29, 1.82) is 0 Å². The lowest BCUT2D eigenvalue weighted by molar-refractivity contribution is -0.142. The number of methoxy groups -OCH3 is 1. The molecule has 0 bridgehead atoms. The number of rotatable bonds is 5. The average molecular weight is 219 g/mol. The Morgan fingerprint density at radius 1 is 1.40 bits per heavy atom. The van der Waals surface area contributed by atoms with Gasteiger partial charge in [0.2, 0.25) is 0 Å². The van der Waals surface area contributed by atoms with Crippen LogP contribution in [0.2, 0.25) is 0 Å². The molecular formula is C9H21N3O3. The number of ether oxygens (including phenoxy) is 1. The van der Waals surface area contributed by atoms with Gasteiger partial charge in [0.05, 0.1) is 7.11 Å². The largest absolute Gasteiger partial charge is 0.468 e. The molecule has 0 aliphatic carbocycles. The highest BCUT2D eigenvalue weighted by atomic mass is 16.5. The van der Waals surface area contributed by atoms with Crippen LogP contribution in [0.15, 0.2) is 0 Å². The highest BCUT2D eigenvalue weighted by Crippen LogP contribution is 1.94. The van der Waals surface area contributed by atoms with Crippen molar-refractivity contribution >= 4 is 12.0 Å². The molecule has 90 valence electrons. The zero-order chi connectivity index (χ0) is 12.3. The Balaban J connectivity index is 0. The smallest absolute Gasteiger partial charge is 0.322 e. The fourth-order valence-electron chi connectivity index (χ4n) is 0.803. The number of esters is 1. The van der Waals surface area contributed by atoms with E-state index in [1.165, 1.54) is 7.11 Å². The maximum absolute atomic E-state index is 10.8. The van der Waals surface area contributed by atoms with Crippen LogP contribution in [0.4, 0.5) is 4.79 Å². The summed E-state index contributed by atoms with van der Waals surface area (Å²) >= 11 is 0. The van der Waals surface area contributed by atoms with Gasteiger partial charge in [0.25, 0.3) is 0 Å². The van der Waals surface area contributed by atoms with E-state index in [2.05, 4.69) is 10.1 Å². The number of urea groups is 1. The third kappa shape index (κ3) is 10.6. The molecule has 6 nitrogen and oxygen atoms in total. The summed E-state index contributed by atoms with van der Waals surface area (Å²) in [6.07, 6.45) is 1.06. The molecule has 0 radical (unpaired) electrons. The Morgan fingerprint density at radius 2 is 1.93 bits per heavy atom. The molecule has 0 fully saturated rings. The van der Waals surface area contributed by atoms with Crippen LogP contribution in [0.3, 0.4) is 0 Å². The predicted octanol–water partition coefficient (Wildman–Crippen LogP) is -0.0386. The van der Waals surface area contributed by atoms with Crippen molar-refractivity contribution in [2.45, 2.75) is 32.7 Å². The number of nitrogens with one attached hydrogen (secondary N) is 1. The molecule has 6 heteroatoms. The molecule has 0 aromatic carbocycles. The molecule has 15 heavy (non-hydrogen) atoms. The van der Waals surface area contributed by atoms with Crippen LogP contribution < -0.4 is 16.8 Å². The van der Waals surface area contributed by atoms with E-state index in [0.29, 0.717) is 19.4 Å². The number of hydrogen-bond donors (Lipinski definition) is 3. The third-order valence-electron chi connectivity index (χ3n) is 1.50. The van der Waals surface area contributed by atoms with Crippen molar-refractivity contribution in [3.63, 3.8) is 0 Å². The second-order valence-corrected chi connectivity index (χ2v) is 2.56. The Kier molecular flexibility index (Phi) is 11.6. The Labute approximate surface area is 90.3 Å². The molecule has 0 rings (SSSR count). The highest BCUT2D eigenvalue weighted by Gasteiger charge is 2.12. The van der Waals surface area contributed by atoms with Crippen LogP contribution >= 0.6 is 0 Å². The van der Waals surface area contributed by atoms with Gasteiger partial charge in [-0.3, -0.25) is 4.79 Å². The first-order valence-corrected chi connectivity index (χ1v) is 4.94. The summed E-state index contributed by atoms with van der Waals surface area (Å²) in [6.45, 7) is 4.42. The van der Waals surface area contributed by atoms with Crippen LogP contribution in [0.25, 0.3) is 0 Å². The van der Waals surface area contributed by atoms with Crippen LogP contribution in [-0.2, 0) is 9.53 Å². The summed E-state index contributed by atoms with van der Waals surface area (Å²) in [4.78, 5) is 21.0. The normalized spacial score (nSPS) is 10.7. The monoisotopic (exact) mass is 219 g/mol. The van der Waals surface area contributed by atoms with Crippen molar-refractivity contribution in [3.8, 4) is 0 Å². The van der Waals surface area contributed by atoms with E-state index in [1.807, 2.05) is 13.8 Å². The fraction of sp³-hybridized carbons (Fsp3) is 0.778. The van der Waals surface area contributed by atoms with Gasteiger partial charge in [-0.05, 0) is 12.8 Å². The van der Waals surface area contributed by atoms with Crippen LogP contribution in [0.5, 0.6) is 0 Å². The number of amides is 2. The standard InChI is InChI=1S/C7H15N3O3.C2H6/c1-13-6(11)5(8)3-2-4-10-7(9)12;1-2/h5H,2-4,8H2,1H3,(H3,9,10,12);1-2H3/t5-;/m0./s1. The SMILES string of the molecule is CC.COC(=O)[C@@H](N)CCCNC(N)=O. The van der Waals surface area contributed by atoms with Crippen molar-refractivity contribution in [3.05, 3.63) is 0 Å². The number of primary amides is 1. The van der Waals surface area contributed by atoms with E-state index >= 15 is 0 Å².